The lowest BCUT2D eigenvalue weighted by Gasteiger charge is -2.10. The number of anilines is 3. The van der Waals surface area contributed by atoms with Gasteiger partial charge in [-0.15, -0.1) is 0 Å². The Bertz CT molecular complexity index is 879. The normalized spacial score (nSPS) is 10.2. The number of amides is 1. The van der Waals surface area contributed by atoms with E-state index in [9.17, 15) is 4.79 Å². The van der Waals surface area contributed by atoms with Crippen molar-refractivity contribution in [3.63, 3.8) is 0 Å². The number of hydrogen-bond acceptors (Lipinski definition) is 3. The van der Waals surface area contributed by atoms with E-state index < -0.39 is 0 Å². The molecule has 0 bridgehead atoms. The lowest BCUT2D eigenvalue weighted by molar-refractivity contribution is 0.102. The van der Waals surface area contributed by atoms with Gasteiger partial charge in [-0.3, -0.25) is 4.79 Å². The average Bonchev–Trinajstić information content (AvgIpc) is 2.64. The van der Waals surface area contributed by atoms with E-state index >= 15 is 0 Å². The maximum absolute atomic E-state index is 12.3. The van der Waals surface area contributed by atoms with E-state index in [4.69, 9.17) is 16.3 Å². The fourth-order valence-corrected chi connectivity index (χ4v) is 2.57. The summed E-state index contributed by atoms with van der Waals surface area (Å²) >= 11 is 6.04. The summed E-state index contributed by atoms with van der Waals surface area (Å²) in [5, 5.41) is 6.55. The SMILES string of the molecule is COc1cccc(Nc2ccc(NC(=O)c3ccccc3Cl)cc2)c1. The van der Waals surface area contributed by atoms with Gasteiger partial charge in [-0.2, -0.15) is 0 Å². The van der Waals surface area contributed by atoms with Gasteiger partial charge in [0, 0.05) is 23.1 Å². The second-order valence-corrected chi connectivity index (χ2v) is 5.78. The zero-order chi connectivity index (χ0) is 17.6. The second kappa shape index (κ2) is 7.73. The number of nitrogens with one attached hydrogen (secondary N) is 2. The zero-order valence-corrected chi connectivity index (χ0v) is 14.4. The van der Waals surface area contributed by atoms with Gasteiger partial charge >= 0.3 is 0 Å². The van der Waals surface area contributed by atoms with Crippen molar-refractivity contribution in [2.75, 3.05) is 17.7 Å². The predicted molar refractivity (Wildman–Crippen MR) is 102 cm³/mol. The van der Waals surface area contributed by atoms with Crippen LogP contribution in [-0.2, 0) is 0 Å². The molecule has 0 radical (unpaired) electrons. The van der Waals surface area contributed by atoms with Gasteiger partial charge in [-0.25, -0.2) is 0 Å². The molecule has 0 spiro atoms. The Hall–Kier alpha value is -2.98. The quantitative estimate of drug-likeness (QED) is 0.651. The standard InChI is InChI=1S/C20H17ClN2O2/c1-25-17-6-4-5-16(13-17)22-14-9-11-15(12-10-14)23-20(24)18-7-2-3-8-19(18)21/h2-13,22H,1H3,(H,23,24). The summed E-state index contributed by atoms with van der Waals surface area (Å²) < 4.78 is 5.21. The van der Waals surface area contributed by atoms with E-state index in [0.717, 1.165) is 17.1 Å². The third-order valence-corrected chi connectivity index (χ3v) is 3.95. The van der Waals surface area contributed by atoms with Gasteiger partial charge < -0.3 is 15.4 Å². The van der Waals surface area contributed by atoms with Gasteiger partial charge in [0.2, 0.25) is 0 Å². The molecule has 2 N–H and O–H groups in total. The van der Waals surface area contributed by atoms with E-state index in [1.165, 1.54) is 0 Å². The lowest BCUT2D eigenvalue weighted by Crippen LogP contribution is -2.12. The molecular weight excluding hydrogens is 336 g/mol. The van der Waals surface area contributed by atoms with Crippen molar-refractivity contribution < 1.29 is 9.53 Å². The Morgan fingerprint density at radius 3 is 2.32 bits per heavy atom. The Labute approximate surface area is 151 Å². The van der Waals surface area contributed by atoms with Crippen LogP contribution in [0.4, 0.5) is 17.1 Å². The first-order valence-electron chi connectivity index (χ1n) is 7.73. The maximum atomic E-state index is 12.3. The molecule has 0 heterocycles. The maximum Gasteiger partial charge on any atom is 0.257 e. The van der Waals surface area contributed by atoms with Crippen LogP contribution in [0.25, 0.3) is 0 Å². The molecule has 5 heteroatoms. The molecule has 0 aliphatic heterocycles. The van der Waals surface area contributed by atoms with E-state index in [0.29, 0.717) is 16.3 Å². The fourth-order valence-electron chi connectivity index (χ4n) is 2.35. The van der Waals surface area contributed by atoms with Crippen LogP contribution in [0.3, 0.4) is 0 Å². The molecule has 0 aliphatic rings. The summed E-state index contributed by atoms with van der Waals surface area (Å²) in [5.41, 5.74) is 2.97. The first-order chi connectivity index (χ1) is 12.2. The summed E-state index contributed by atoms with van der Waals surface area (Å²) in [6.45, 7) is 0. The molecule has 0 saturated carbocycles. The number of rotatable bonds is 5. The Kier molecular flexibility index (Phi) is 5.21. The van der Waals surface area contributed by atoms with Crippen molar-refractivity contribution >= 4 is 34.6 Å². The Morgan fingerprint density at radius 1 is 0.880 bits per heavy atom. The van der Waals surface area contributed by atoms with E-state index in [1.807, 2.05) is 48.5 Å². The van der Waals surface area contributed by atoms with Crippen LogP contribution in [0.2, 0.25) is 5.02 Å². The fraction of sp³-hybridized carbons (Fsp3) is 0.0500. The van der Waals surface area contributed by atoms with Gasteiger partial charge in [0.05, 0.1) is 17.7 Å². The molecule has 3 rings (SSSR count). The van der Waals surface area contributed by atoms with Crippen LogP contribution < -0.4 is 15.4 Å². The van der Waals surface area contributed by atoms with Gasteiger partial charge in [-0.1, -0.05) is 29.8 Å². The molecule has 0 unspecified atom stereocenters. The second-order valence-electron chi connectivity index (χ2n) is 5.37. The monoisotopic (exact) mass is 352 g/mol. The van der Waals surface area contributed by atoms with Crippen molar-refractivity contribution in [2.24, 2.45) is 0 Å². The molecule has 0 aromatic heterocycles. The van der Waals surface area contributed by atoms with Gasteiger partial charge in [0.25, 0.3) is 5.91 Å². The smallest absolute Gasteiger partial charge is 0.257 e. The molecule has 0 saturated heterocycles. The highest BCUT2D eigenvalue weighted by Crippen LogP contribution is 2.23. The van der Waals surface area contributed by atoms with Crippen molar-refractivity contribution in [3.8, 4) is 5.75 Å². The summed E-state index contributed by atoms with van der Waals surface area (Å²) in [5.74, 6) is 0.549. The van der Waals surface area contributed by atoms with Crippen LogP contribution in [0.1, 0.15) is 10.4 Å². The zero-order valence-electron chi connectivity index (χ0n) is 13.6. The van der Waals surface area contributed by atoms with Crippen molar-refractivity contribution in [3.05, 3.63) is 83.4 Å². The van der Waals surface area contributed by atoms with E-state index in [-0.39, 0.29) is 5.91 Å². The van der Waals surface area contributed by atoms with Crippen molar-refractivity contribution in [1.29, 1.82) is 0 Å². The highest BCUT2D eigenvalue weighted by Gasteiger charge is 2.09. The number of halogens is 1. The first-order valence-corrected chi connectivity index (χ1v) is 8.10. The highest BCUT2D eigenvalue weighted by molar-refractivity contribution is 6.34. The summed E-state index contributed by atoms with van der Waals surface area (Å²) in [7, 11) is 1.63. The van der Waals surface area contributed by atoms with Gasteiger partial charge in [0.1, 0.15) is 5.75 Å². The molecule has 25 heavy (non-hydrogen) atoms. The predicted octanol–water partition coefficient (Wildman–Crippen LogP) is 5.34. The van der Waals surface area contributed by atoms with Crippen LogP contribution >= 0.6 is 11.6 Å². The van der Waals surface area contributed by atoms with E-state index in [2.05, 4.69) is 10.6 Å². The number of methoxy groups -OCH3 is 1. The molecule has 0 fully saturated rings. The summed E-state index contributed by atoms with van der Waals surface area (Å²) in [4.78, 5) is 12.3. The molecule has 0 atom stereocenters. The van der Waals surface area contributed by atoms with Crippen LogP contribution in [0, 0.1) is 0 Å². The Morgan fingerprint density at radius 2 is 1.60 bits per heavy atom. The largest absolute Gasteiger partial charge is 0.497 e. The van der Waals surface area contributed by atoms with Gasteiger partial charge in [-0.05, 0) is 48.5 Å². The van der Waals surface area contributed by atoms with Gasteiger partial charge in [0.15, 0.2) is 0 Å². The van der Waals surface area contributed by atoms with Crippen LogP contribution in [0.15, 0.2) is 72.8 Å². The topological polar surface area (TPSA) is 50.4 Å². The summed E-state index contributed by atoms with van der Waals surface area (Å²) in [6.07, 6.45) is 0. The highest BCUT2D eigenvalue weighted by atomic mass is 35.5. The summed E-state index contributed by atoms with van der Waals surface area (Å²) in [6, 6.07) is 22.1. The molecule has 1 amide bonds. The molecular formula is C20H17ClN2O2. The number of ether oxygens (including phenoxy) is 1. The minimum absolute atomic E-state index is 0.237. The molecule has 126 valence electrons. The van der Waals surface area contributed by atoms with Crippen LogP contribution in [-0.4, -0.2) is 13.0 Å². The average molecular weight is 353 g/mol. The minimum atomic E-state index is -0.237. The number of carbonyl (C=O) groups is 1. The van der Waals surface area contributed by atoms with Crippen molar-refractivity contribution in [1.82, 2.24) is 0 Å². The number of hydrogen-bond donors (Lipinski definition) is 2. The lowest BCUT2D eigenvalue weighted by atomic mass is 10.2. The molecule has 3 aromatic rings. The third kappa shape index (κ3) is 4.31. The number of carbonyl (C=O) groups excluding carboxylic acids is 1. The number of benzene rings is 3. The molecule has 0 aliphatic carbocycles. The Balaban J connectivity index is 1.68. The molecule has 4 nitrogen and oxygen atoms in total. The first kappa shape index (κ1) is 16.9. The molecule has 3 aromatic carbocycles. The minimum Gasteiger partial charge on any atom is -0.497 e. The third-order valence-electron chi connectivity index (χ3n) is 3.62. The van der Waals surface area contributed by atoms with Crippen molar-refractivity contribution in [2.45, 2.75) is 0 Å². The van der Waals surface area contributed by atoms with E-state index in [1.54, 1.807) is 31.4 Å². The van der Waals surface area contributed by atoms with Crippen LogP contribution in [0.5, 0.6) is 5.75 Å².